The van der Waals surface area contributed by atoms with Crippen LogP contribution in [0.5, 0.6) is 0 Å². The Morgan fingerprint density at radius 3 is 2.30 bits per heavy atom. The normalized spacial score (nSPS) is 11.0. The average molecular weight is 313 g/mol. The molecule has 23 heavy (non-hydrogen) atoms. The van der Waals surface area contributed by atoms with Crippen LogP contribution in [-0.4, -0.2) is 35.5 Å². The molecular weight excluding hydrogens is 290 g/mol. The number of nitrogens with one attached hydrogen (secondary N) is 2. The van der Waals surface area contributed by atoms with Crippen molar-refractivity contribution in [2.24, 2.45) is 0 Å². The molecule has 1 aromatic carbocycles. The van der Waals surface area contributed by atoms with Crippen LogP contribution in [0.1, 0.15) is 31.3 Å². The number of rotatable bonds is 4. The van der Waals surface area contributed by atoms with Gasteiger partial charge in [0.1, 0.15) is 17.8 Å². The van der Waals surface area contributed by atoms with Crippen LogP contribution in [0.4, 0.5) is 17.2 Å². The van der Waals surface area contributed by atoms with Crippen LogP contribution in [0.3, 0.4) is 0 Å². The molecule has 0 fully saturated rings. The summed E-state index contributed by atoms with van der Waals surface area (Å²) in [5, 5.41) is 6.06. The van der Waals surface area contributed by atoms with E-state index in [1.165, 1.54) is 6.33 Å². The highest BCUT2D eigenvalue weighted by molar-refractivity contribution is 5.93. The monoisotopic (exact) mass is 313 g/mol. The summed E-state index contributed by atoms with van der Waals surface area (Å²) >= 11 is 0. The zero-order valence-electron chi connectivity index (χ0n) is 14.2. The highest BCUT2D eigenvalue weighted by atomic mass is 16.2. The van der Waals surface area contributed by atoms with E-state index in [1.54, 1.807) is 6.07 Å². The molecule has 0 saturated heterocycles. The van der Waals surface area contributed by atoms with Gasteiger partial charge in [0, 0.05) is 37.1 Å². The molecule has 1 amide bonds. The molecule has 2 rings (SSSR count). The molecule has 1 aromatic heterocycles. The summed E-state index contributed by atoms with van der Waals surface area (Å²) in [4.78, 5) is 22.4. The lowest BCUT2D eigenvalue weighted by atomic mass is 10.1. The second-order valence-corrected chi connectivity index (χ2v) is 6.56. The van der Waals surface area contributed by atoms with E-state index < -0.39 is 0 Å². The number of nitrogens with zero attached hydrogens (tertiary/aromatic N) is 3. The van der Waals surface area contributed by atoms with Gasteiger partial charge in [-0.25, -0.2) is 9.97 Å². The van der Waals surface area contributed by atoms with E-state index in [-0.39, 0.29) is 11.4 Å². The molecule has 0 spiro atoms. The van der Waals surface area contributed by atoms with Crippen molar-refractivity contribution < 1.29 is 4.79 Å². The molecule has 0 saturated carbocycles. The molecule has 122 valence electrons. The molecule has 1 heterocycles. The van der Waals surface area contributed by atoms with Crippen molar-refractivity contribution in [3.63, 3.8) is 0 Å². The SMILES string of the molecule is CN(C)c1ccc(Nc2cc(C(=O)NC(C)(C)C)ncn2)cc1. The Balaban J connectivity index is 2.12. The summed E-state index contributed by atoms with van der Waals surface area (Å²) in [6.07, 6.45) is 1.38. The van der Waals surface area contributed by atoms with Crippen LogP contribution in [-0.2, 0) is 0 Å². The van der Waals surface area contributed by atoms with Gasteiger partial charge in [0.25, 0.3) is 5.91 Å². The van der Waals surface area contributed by atoms with E-state index in [0.717, 1.165) is 11.4 Å². The third-order valence-corrected chi connectivity index (χ3v) is 3.04. The fourth-order valence-corrected chi connectivity index (χ4v) is 1.95. The Morgan fingerprint density at radius 2 is 1.74 bits per heavy atom. The molecule has 0 radical (unpaired) electrons. The van der Waals surface area contributed by atoms with Gasteiger partial charge in [-0.15, -0.1) is 0 Å². The summed E-state index contributed by atoms with van der Waals surface area (Å²) in [5.41, 5.74) is 2.04. The molecule has 0 aliphatic rings. The maximum atomic E-state index is 12.1. The minimum Gasteiger partial charge on any atom is -0.378 e. The van der Waals surface area contributed by atoms with Crippen molar-refractivity contribution in [3.8, 4) is 0 Å². The van der Waals surface area contributed by atoms with Gasteiger partial charge in [0.05, 0.1) is 0 Å². The van der Waals surface area contributed by atoms with E-state index in [0.29, 0.717) is 11.5 Å². The predicted octanol–water partition coefficient (Wildman–Crippen LogP) is 2.81. The number of aromatic nitrogens is 2. The van der Waals surface area contributed by atoms with Crippen molar-refractivity contribution in [1.29, 1.82) is 0 Å². The van der Waals surface area contributed by atoms with Gasteiger partial charge in [-0.05, 0) is 45.0 Å². The molecular formula is C17H23N5O. The van der Waals surface area contributed by atoms with Crippen LogP contribution in [0.25, 0.3) is 0 Å². The molecule has 0 unspecified atom stereocenters. The standard InChI is InChI=1S/C17H23N5O/c1-17(2,3)21-16(23)14-10-15(19-11-18-14)20-12-6-8-13(9-7-12)22(4)5/h6-11H,1-5H3,(H,21,23)(H,18,19,20). The lowest BCUT2D eigenvalue weighted by molar-refractivity contribution is 0.0914. The van der Waals surface area contributed by atoms with Crippen molar-refractivity contribution in [2.75, 3.05) is 24.3 Å². The number of hydrogen-bond acceptors (Lipinski definition) is 5. The van der Waals surface area contributed by atoms with Gasteiger partial charge in [-0.1, -0.05) is 0 Å². The fraction of sp³-hybridized carbons (Fsp3) is 0.353. The molecule has 0 atom stereocenters. The summed E-state index contributed by atoms with van der Waals surface area (Å²) in [5.74, 6) is 0.363. The van der Waals surface area contributed by atoms with E-state index in [2.05, 4.69) is 20.6 Å². The Labute approximate surface area is 137 Å². The topological polar surface area (TPSA) is 70.2 Å². The first-order chi connectivity index (χ1) is 10.7. The number of carbonyl (C=O) groups excluding carboxylic acids is 1. The molecule has 2 N–H and O–H groups in total. The second kappa shape index (κ2) is 6.64. The van der Waals surface area contributed by atoms with E-state index in [4.69, 9.17) is 0 Å². The second-order valence-electron chi connectivity index (χ2n) is 6.56. The molecule has 6 heteroatoms. The quantitative estimate of drug-likeness (QED) is 0.908. The first-order valence-corrected chi connectivity index (χ1v) is 7.43. The third kappa shape index (κ3) is 4.95. The largest absolute Gasteiger partial charge is 0.378 e. The lowest BCUT2D eigenvalue weighted by Gasteiger charge is -2.20. The third-order valence-electron chi connectivity index (χ3n) is 3.04. The maximum Gasteiger partial charge on any atom is 0.270 e. The summed E-state index contributed by atoms with van der Waals surface area (Å²) in [6.45, 7) is 5.78. The maximum absolute atomic E-state index is 12.1. The number of hydrogen-bond donors (Lipinski definition) is 2. The van der Waals surface area contributed by atoms with Crippen LogP contribution in [0.2, 0.25) is 0 Å². The molecule has 0 aliphatic carbocycles. The minimum atomic E-state index is -0.308. The van der Waals surface area contributed by atoms with Crippen LogP contribution in [0, 0.1) is 0 Å². The van der Waals surface area contributed by atoms with E-state index in [1.807, 2.05) is 64.0 Å². The van der Waals surface area contributed by atoms with Crippen molar-refractivity contribution in [3.05, 3.63) is 42.4 Å². The molecule has 0 bridgehead atoms. The Bertz CT molecular complexity index is 674. The molecule has 6 nitrogen and oxygen atoms in total. The zero-order valence-corrected chi connectivity index (χ0v) is 14.2. The van der Waals surface area contributed by atoms with Crippen LogP contribution < -0.4 is 15.5 Å². The number of amides is 1. The molecule has 0 aliphatic heterocycles. The summed E-state index contributed by atoms with van der Waals surface area (Å²) in [7, 11) is 3.99. The van der Waals surface area contributed by atoms with Gasteiger partial charge in [-0.2, -0.15) is 0 Å². The van der Waals surface area contributed by atoms with Crippen molar-refractivity contribution >= 4 is 23.1 Å². The van der Waals surface area contributed by atoms with Crippen molar-refractivity contribution in [1.82, 2.24) is 15.3 Å². The van der Waals surface area contributed by atoms with Crippen LogP contribution in [0.15, 0.2) is 36.7 Å². The average Bonchev–Trinajstić information content (AvgIpc) is 2.46. The van der Waals surface area contributed by atoms with Gasteiger partial charge >= 0.3 is 0 Å². The van der Waals surface area contributed by atoms with E-state index >= 15 is 0 Å². The van der Waals surface area contributed by atoms with Gasteiger partial charge in [0.2, 0.25) is 0 Å². The highest BCUT2D eigenvalue weighted by Gasteiger charge is 2.16. The number of anilines is 3. The van der Waals surface area contributed by atoms with Gasteiger partial charge < -0.3 is 15.5 Å². The minimum absolute atomic E-state index is 0.217. The van der Waals surface area contributed by atoms with E-state index in [9.17, 15) is 4.79 Å². The Morgan fingerprint density at radius 1 is 1.09 bits per heavy atom. The zero-order chi connectivity index (χ0) is 17.0. The number of carbonyl (C=O) groups is 1. The number of benzene rings is 1. The first kappa shape index (κ1) is 16.7. The van der Waals surface area contributed by atoms with Crippen molar-refractivity contribution in [2.45, 2.75) is 26.3 Å². The highest BCUT2D eigenvalue weighted by Crippen LogP contribution is 2.19. The summed E-state index contributed by atoms with van der Waals surface area (Å²) in [6, 6.07) is 9.59. The smallest absolute Gasteiger partial charge is 0.270 e. The summed E-state index contributed by atoms with van der Waals surface area (Å²) < 4.78 is 0. The molecule has 2 aromatic rings. The fourth-order valence-electron chi connectivity index (χ4n) is 1.95. The predicted molar refractivity (Wildman–Crippen MR) is 93.3 cm³/mol. The first-order valence-electron chi connectivity index (χ1n) is 7.43. The Hall–Kier alpha value is -2.63. The van der Waals surface area contributed by atoms with Gasteiger partial charge in [-0.3, -0.25) is 4.79 Å². The Kier molecular flexibility index (Phi) is 4.83. The van der Waals surface area contributed by atoms with Crippen LogP contribution >= 0.6 is 0 Å². The van der Waals surface area contributed by atoms with Gasteiger partial charge in [0.15, 0.2) is 0 Å². The lowest BCUT2D eigenvalue weighted by Crippen LogP contribution is -2.40.